The molecule has 0 aliphatic heterocycles. The van der Waals surface area contributed by atoms with Crippen LogP contribution in [0.25, 0.3) is 11.4 Å². The summed E-state index contributed by atoms with van der Waals surface area (Å²) in [7, 11) is 1.83. The average molecular weight is 239 g/mol. The summed E-state index contributed by atoms with van der Waals surface area (Å²) >= 11 is 3.32. The molecular formula is C8H7BrN4. The molecule has 13 heavy (non-hydrogen) atoms. The van der Waals surface area contributed by atoms with E-state index in [1.54, 1.807) is 10.9 Å². The first-order valence-corrected chi connectivity index (χ1v) is 4.53. The molecule has 0 bridgehead atoms. The van der Waals surface area contributed by atoms with Gasteiger partial charge in [-0.25, -0.2) is 0 Å². The van der Waals surface area contributed by atoms with E-state index in [4.69, 9.17) is 0 Å². The summed E-state index contributed by atoms with van der Waals surface area (Å²) in [6.45, 7) is 0. The Hall–Kier alpha value is -1.23. The molecule has 0 aliphatic carbocycles. The molecule has 0 atom stereocenters. The number of nitrogens with zero attached hydrogens (tertiary/aromatic N) is 4. The van der Waals surface area contributed by atoms with Crippen LogP contribution in [0.3, 0.4) is 0 Å². The molecule has 2 aromatic rings. The SMILES string of the molecule is Cn1cc(-c2ccc(Br)cn2)nn1. The fourth-order valence-electron chi connectivity index (χ4n) is 0.992. The van der Waals surface area contributed by atoms with Crippen LogP contribution < -0.4 is 0 Å². The number of aromatic nitrogens is 4. The molecule has 0 spiro atoms. The second-order valence-electron chi connectivity index (χ2n) is 2.64. The van der Waals surface area contributed by atoms with Gasteiger partial charge in [0.15, 0.2) is 0 Å². The lowest BCUT2D eigenvalue weighted by Crippen LogP contribution is -1.85. The zero-order chi connectivity index (χ0) is 9.26. The Balaban J connectivity index is 2.41. The number of rotatable bonds is 1. The van der Waals surface area contributed by atoms with Crippen LogP contribution >= 0.6 is 15.9 Å². The topological polar surface area (TPSA) is 43.6 Å². The van der Waals surface area contributed by atoms with Gasteiger partial charge in [-0.2, -0.15) is 0 Å². The molecule has 4 nitrogen and oxygen atoms in total. The van der Waals surface area contributed by atoms with Crippen molar-refractivity contribution in [2.45, 2.75) is 0 Å². The van der Waals surface area contributed by atoms with E-state index >= 15 is 0 Å². The second kappa shape index (κ2) is 3.26. The maximum absolute atomic E-state index is 4.20. The molecule has 0 fully saturated rings. The first kappa shape index (κ1) is 8.37. The number of aryl methyl sites for hydroxylation is 1. The lowest BCUT2D eigenvalue weighted by atomic mass is 10.3. The van der Waals surface area contributed by atoms with Gasteiger partial charge in [-0.05, 0) is 28.1 Å². The van der Waals surface area contributed by atoms with E-state index < -0.39 is 0 Å². The highest BCUT2D eigenvalue weighted by atomic mass is 79.9. The lowest BCUT2D eigenvalue weighted by Gasteiger charge is -1.93. The minimum Gasteiger partial charge on any atom is -0.255 e. The highest BCUT2D eigenvalue weighted by molar-refractivity contribution is 9.10. The average Bonchev–Trinajstić information content (AvgIpc) is 2.53. The van der Waals surface area contributed by atoms with Crippen molar-refractivity contribution < 1.29 is 0 Å². The monoisotopic (exact) mass is 238 g/mol. The third kappa shape index (κ3) is 1.75. The summed E-state index contributed by atoms with van der Waals surface area (Å²) in [5, 5.41) is 7.78. The van der Waals surface area contributed by atoms with Gasteiger partial charge in [-0.1, -0.05) is 5.21 Å². The number of hydrogen-bond acceptors (Lipinski definition) is 3. The maximum Gasteiger partial charge on any atom is 0.131 e. The number of pyridine rings is 1. The molecule has 0 saturated carbocycles. The number of halogens is 1. The summed E-state index contributed by atoms with van der Waals surface area (Å²) in [6, 6.07) is 3.82. The first-order valence-electron chi connectivity index (χ1n) is 3.74. The largest absolute Gasteiger partial charge is 0.255 e. The van der Waals surface area contributed by atoms with Gasteiger partial charge in [0, 0.05) is 17.7 Å². The summed E-state index contributed by atoms with van der Waals surface area (Å²) in [4.78, 5) is 4.20. The Morgan fingerprint density at radius 2 is 2.15 bits per heavy atom. The Kier molecular flexibility index (Phi) is 2.10. The van der Waals surface area contributed by atoms with Gasteiger partial charge in [-0.3, -0.25) is 9.67 Å². The molecule has 0 N–H and O–H groups in total. The number of hydrogen-bond donors (Lipinski definition) is 0. The van der Waals surface area contributed by atoms with Crippen LogP contribution in [0.5, 0.6) is 0 Å². The third-order valence-corrected chi connectivity index (χ3v) is 2.06. The summed E-state index contributed by atoms with van der Waals surface area (Å²) in [5.41, 5.74) is 1.62. The molecule has 0 aromatic carbocycles. The van der Waals surface area contributed by atoms with Crippen molar-refractivity contribution >= 4 is 15.9 Å². The minimum atomic E-state index is 0.787. The fraction of sp³-hybridized carbons (Fsp3) is 0.125. The van der Waals surface area contributed by atoms with E-state index in [0.717, 1.165) is 15.9 Å². The Morgan fingerprint density at radius 1 is 1.31 bits per heavy atom. The van der Waals surface area contributed by atoms with Crippen LogP contribution in [0.1, 0.15) is 0 Å². The summed E-state index contributed by atoms with van der Waals surface area (Å²) in [6.07, 6.45) is 3.57. The molecule has 66 valence electrons. The van der Waals surface area contributed by atoms with Crippen molar-refractivity contribution in [2.75, 3.05) is 0 Å². The van der Waals surface area contributed by atoms with Crippen molar-refractivity contribution in [3.63, 3.8) is 0 Å². The molecule has 2 rings (SSSR count). The normalized spacial score (nSPS) is 10.3. The predicted octanol–water partition coefficient (Wildman–Crippen LogP) is 1.64. The van der Waals surface area contributed by atoms with Crippen molar-refractivity contribution in [2.24, 2.45) is 7.05 Å². The van der Waals surface area contributed by atoms with E-state index in [-0.39, 0.29) is 0 Å². The summed E-state index contributed by atoms with van der Waals surface area (Å²) < 4.78 is 2.61. The maximum atomic E-state index is 4.20. The van der Waals surface area contributed by atoms with E-state index in [0.29, 0.717) is 0 Å². The second-order valence-corrected chi connectivity index (χ2v) is 3.55. The van der Waals surface area contributed by atoms with Crippen LogP contribution in [0, 0.1) is 0 Å². The van der Waals surface area contributed by atoms with Gasteiger partial charge in [0.1, 0.15) is 5.69 Å². The standard InChI is InChI=1S/C8H7BrN4/c1-13-5-8(11-12-13)7-3-2-6(9)4-10-7/h2-5H,1H3. The Bertz CT molecular complexity index is 406. The lowest BCUT2D eigenvalue weighted by molar-refractivity contribution is 0.715. The molecular weight excluding hydrogens is 232 g/mol. The molecule has 0 amide bonds. The van der Waals surface area contributed by atoms with Crippen molar-refractivity contribution in [3.05, 3.63) is 29.0 Å². The van der Waals surface area contributed by atoms with Gasteiger partial charge in [-0.15, -0.1) is 5.10 Å². The van der Waals surface area contributed by atoms with Crippen LogP contribution in [0.15, 0.2) is 29.0 Å². The first-order chi connectivity index (χ1) is 6.25. The smallest absolute Gasteiger partial charge is 0.131 e. The van der Waals surface area contributed by atoms with Gasteiger partial charge in [0.2, 0.25) is 0 Å². The van der Waals surface area contributed by atoms with Gasteiger partial charge in [0.05, 0.1) is 11.9 Å². The fourth-order valence-corrected chi connectivity index (χ4v) is 1.23. The van der Waals surface area contributed by atoms with Gasteiger partial charge < -0.3 is 0 Å². The zero-order valence-electron chi connectivity index (χ0n) is 6.98. The zero-order valence-corrected chi connectivity index (χ0v) is 8.56. The molecule has 0 saturated heterocycles. The molecule has 0 aliphatic rings. The van der Waals surface area contributed by atoms with Crippen LogP contribution in [-0.4, -0.2) is 20.0 Å². The van der Waals surface area contributed by atoms with Gasteiger partial charge in [0.25, 0.3) is 0 Å². The molecule has 2 heterocycles. The van der Waals surface area contributed by atoms with Crippen molar-refractivity contribution in [1.29, 1.82) is 0 Å². The molecule has 5 heteroatoms. The van der Waals surface area contributed by atoms with Crippen molar-refractivity contribution in [1.82, 2.24) is 20.0 Å². The van der Waals surface area contributed by atoms with Crippen LogP contribution in [0.4, 0.5) is 0 Å². The summed E-state index contributed by atoms with van der Waals surface area (Å²) in [5.74, 6) is 0. The van der Waals surface area contributed by atoms with E-state index in [2.05, 4.69) is 31.2 Å². The van der Waals surface area contributed by atoms with E-state index in [9.17, 15) is 0 Å². The van der Waals surface area contributed by atoms with E-state index in [1.165, 1.54) is 0 Å². The minimum absolute atomic E-state index is 0.787. The highest BCUT2D eigenvalue weighted by Crippen LogP contribution is 2.15. The van der Waals surface area contributed by atoms with Gasteiger partial charge >= 0.3 is 0 Å². The quantitative estimate of drug-likeness (QED) is 0.759. The molecule has 0 unspecified atom stereocenters. The Labute approximate surface area is 83.7 Å². The van der Waals surface area contributed by atoms with E-state index in [1.807, 2.05) is 25.4 Å². The van der Waals surface area contributed by atoms with Crippen LogP contribution in [0.2, 0.25) is 0 Å². The molecule has 0 radical (unpaired) electrons. The predicted molar refractivity (Wildman–Crippen MR) is 51.9 cm³/mol. The highest BCUT2D eigenvalue weighted by Gasteiger charge is 2.02. The van der Waals surface area contributed by atoms with Crippen LogP contribution in [-0.2, 0) is 7.05 Å². The third-order valence-electron chi connectivity index (χ3n) is 1.59. The molecule has 2 aromatic heterocycles. The van der Waals surface area contributed by atoms with Crippen molar-refractivity contribution in [3.8, 4) is 11.4 Å². The Morgan fingerprint density at radius 3 is 2.69 bits per heavy atom.